The van der Waals surface area contributed by atoms with Gasteiger partial charge in [0.25, 0.3) is 0 Å². The first kappa shape index (κ1) is 20.0. The lowest BCUT2D eigenvalue weighted by Gasteiger charge is -2.52. The molecule has 1 N–H and O–H groups in total. The largest absolute Gasteiger partial charge is 0.351 e. The van der Waals surface area contributed by atoms with E-state index in [1.807, 2.05) is 39.0 Å². The first-order chi connectivity index (χ1) is 11.5. The summed E-state index contributed by atoms with van der Waals surface area (Å²) in [6.07, 6.45) is 5.85. The lowest BCUT2D eigenvalue weighted by atomic mass is 9.53. The Morgan fingerprint density at radius 2 is 1.92 bits per heavy atom. The van der Waals surface area contributed by atoms with Gasteiger partial charge in [-0.2, -0.15) is 0 Å². The van der Waals surface area contributed by atoms with E-state index in [1.165, 1.54) is 5.56 Å². The fraction of sp³-hybridized carbons (Fsp3) is 0.591. The van der Waals surface area contributed by atoms with Crippen molar-refractivity contribution in [1.29, 1.82) is 0 Å². The molecule has 25 heavy (non-hydrogen) atoms. The lowest BCUT2D eigenvalue weighted by molar-refractivity contribution is -0.144. The van der Waals surface area contributed by atoms with Crippen molar-refractivity contribution in [2.75, 3.05) is 0 Å². The van der Waals surface area contributed by atoms with Crippen molar-refractivity contribution < 1.29 is 4.79 Å². The fourth-order valence-electron chi connectivity index (χ4n) is 4.04. The van der Waals surface area contributed by atoms with Crippen molar-refractivity contribution in [2.24, 2.45) is 16.7 Å². The van der Waals surface area contributed by atoms with Crippen molar-refractivity contribution in [3.63, 3.8) is 0 Å². The van der Waals surface area contributed by atoms with Crippen LogP contribution in [0.3, 0.4) is 0 Å². The second kappa shape index (κ2) is 7.15. The minimum Gasteiger partial charge on any atom is -0.351 e. The summed E-state index contributed by atoms with van der Waals surface area (Å²) < 4.78 is 0. The molecular formula is C22H32ClNO. The van der Waals surface area contributed by atoms with E-state index in [9.17, 15) is 4.79 Å². The maximum atomic E-state index is 13.3. The molecule has 0 bridgehead atoms. The first-order valence-corrected chi connectivity index (χ1v) is 9.56. The van der Waals surface area contributed by atoms with Gasteiger partial charge >= 0.3 is 0 Å². The van der Waals surface area contributed by atoms with Crippen LogP contribution in [0, 0.1) is 16.7 Å². The number of allylic oxidation sites excluding steroid dienone is 1. The number of hydrogen-bond donors (Lipinski definition) is 1. The summed E-state index contributed by atoms with van der Waals surface area (Å²) >= 11 is 6.03. The predicted octanol–water partition coefficient (Wildman–Crippen LogP) is 5.80. The Morgan fingerprint density at radius 1 is 1.32 bits per heavy atom. The zero-order chi connectivity index (χ0) is 18.9. The van der Waals surface area contributed by atoms with E-state index in [-0.39, 0.29) is 16.9 Å². The normalized spacial score (nSPS) is 29.9. The highest BCUT2D eigenvalue weighted by atomic mass is 35.5. The van der Waals surface area contributed by atoms with E-state index >= 15 is 0 Å². The molecule has 138 valence electrons. The third-order valence-corrected chi connectivity index (χ3v) is 6.15. The molecule has 1 saturated carbocycles. The van der Waals surface area contributed by atoms with Crippen molar-refractivity contribution in [2.45, 2.75) is 65.8 Å². The lowest BCUT2D eigenvalue weighted by Crippen LogP contribution is -2.57. The van der Waals surface area contributed by atoms with Gasteiger partial charge in [0.05, 0.1) is 5.41 Å². The summed E-state index contributed by atoms with van der Waals surface area (Å²) in [6, 6.07) is 8.02. The quantitative estimate of drug-likeness (QED) is 0.675. The van der Waals surface area contributed by atoms with Gasteiger partial charge in [-0.05, 0) is 75.5 Å². The van der Waals surface area contributed by atoms with Crippen LogP contribution in [0.1, 0.15) is 59.4 Å². The Hall–Kier alpha value is -1.28. The number of benzene rings is 1. The molecule has 0 radical (unpaired) electrons. The van der Waals surface area contributed by atoms with Crippen LogP contribution >= 0.6 is 11.6 Å². The summed E-state index contributed by atoms with van der Waals surface area (Å²) in [4.78, 5) is 13.3. The zero-order valence-corrected chi connectivity index (χ0v) is 17.0. The molecule has 3 atom stereocenters. The number of amides is 1. The van der Waals surface area contributed by atoms with Gasteiger partial charge in [-0.25, -0.2) is 0 Å². The van der Waals surface area contributed by atoms with Crippen LogP contribution in [-0.4, -0.2) is 11.4 Å². The van der Waals surface area contributed by atoms with Gasteiger partial charge in [-0.15, -0.1) is 6.58 Å². The Bertz CT molecular complexity index is 630. The second-order valence-corrected chi connectivity index (χ2v) is 9.58. The minimum absolute atomic E-state index is 0.102. The first-order valence-electron chi connectivity index (χ1n) is 9.19. The summed E-state index contributed by atoms with van der Waals surface area (Å²) in [5.41, 5.74) is 0.466. The molecule has 2 nitrogen and oxygen atoms in total. The highest BCUT2D eigenvalue weighted by Gasteiger charge is 2.53. The van der Waals surface area contributed by atoms with Gasteiger partial charge in [0.1, 0.15) is 0 Å². The Balaban J connectivity index is 2.35. The summed E-state index contributed by atoms with van der Waals surface area (Å²) in [5, 5.41) is 3.98. The van der Waals surface area contributed by atoms with Gasteiger partial charge in [0.2, 0.25) is 5.91 Å². The van der Waals surface area contributed by atoms with Gasteiger partial charge in [-0.1, -0.05) is 43.7 Å². The van der Waals surface area contributed by atoms with Crippen LogP contribution in [0.4, 0.5) is 0 Å². The van der Waals surface area contributed by atoms with Crippen molar-refractivity contribution in [3.05, 3.63) is 47.5 Å². The molecule has 0 heterocycles. The van der Waals surface area contributed by atoms with Crippen molar-refractivity contribution in [3.8, 4) is 0 Å². The van der Waals surface area contributed by atoms with Gasteiger partial charge < -0.3 is 5.32 Å². The zero-order valence-electron chi connectivity index (χ0n) is 16.3. The standard InChI is InChI=1S/C22H32ClNO/c1-7-16-12-13-21(5,14-17-8-10-18(23)11-9-17)22(6,15-16)19(25)24-20(2,3)4/h7-11,16H,1,12-15H2,2-6H3,(H,24,25). The van der Waals surface area contributed by atoms with Crippen LogP contribution < -0.4 is 5.32 Å². The van der Waals surface area contributed by atoms with Gasteiger partial charge in [0.15, 0.2) is 0 Å². The van der Waals surface area contributed by atoms with Crippen LogP contribution in [-0.2, 0) is 11.2 Å². The number of nitrogens with one attached hydrogen (secondary N) is 1. The van der Waals surface area contributed by atoms with E-state index in [0.29, 0.717) is 5.92 Å². The molecular weight excluding hydrogens is 330 g/mol. The van der Waals surface area contributed by atoms with E-state index < -0.39 is 5.41 Å². The topological polar surface area (TPSA) is 29.1 Å². The van der Waals surface area contributed by atoms with E-state index in [0.717, 1.165) is 30.7 Å². The van der Waals surface area contributed by atoms with Crippen molar-refractivity contribution in [1.82, 2.24) is 5.32 Å². The molecule has 0 spiro atoms. The van der Waals surface area contributed by atoms with Gasteiger partial charge in [-0.3, -0.25) is 4.79 Å². The van der Waals surface area contributed by atoms with E-state index in [1.54, 1.807) is 0 Å². The highest BCUT2D eigenvalue weighted by molar-refractivity contribution is 6.30. The summed E-state index contributed by atoms with van der Waals surface area (Å²) in [7, 11) is 0. The van der Waals surface area contributed by atoms with E-state index in [4.69, 9.17) is 11.6 Å². The number of carbonyl (C=O) groups excluding carboxylic acids is 1. The maximum absolute atomic E-state index is 13.3. The highest BCUT2D eigenvalue weighted by Crippen LogP contribution is 2.54. The van der Waals surface area contributed by atoms with Crippen molar-refractivity contribution >= 4 is 17.5 Å². The Morgan fingerprint density at radius 3 is 2.44 bits per heavy atom. The maximum Gasteiger partial charge on any atom is 0.226 e. The molecule has 1 aromatic rings. The number of halogens is 1. The van der Waals surface area contributed by atoms with Crippen LogP contribution in [0.5, 0.6) is 0 Å². The molecule has 1 aliphatic carbocycles. The molecule has 2 rings (SSSR count). The number of carbonyl (C=O) groups is 1. The smallest absolute Gasteiger partial charge is 0.226 e. The minimum atomic E-state index is -0.434. The van der Waals surface area contributed by atoms with Crippen LogP contribution in [0.25, 0.3) is 0 Å². The van der Waals surface area contributed by atoms with E-state index in [2.05, 4.69) is 37.9 Å². The van der Waals surface area contributed by atoms with Gasteiger partial charge in [0, 0.05) is 10.6 Å². The molecule has 0 aliphatic heterocycles. The third kappa shape index (κ3) is 4.47. The Labute approximate surface area is 158 Å². The average Bonchev–Trinajstić information content (AvgIpc) is 2.51. The molecule has 1 aromatic carbocycles. The summed E-state index contributed by atoms with van der Waals surface area (Å²) in [5.74, 6) is 0.553. The molecule has 3 heteroatoms. The summed E-state index contributed by atoms with van der Waals surface area (Å²) in [6.45, 7) is 14.5. The SMILES string of the molecule is C=CC1CCC(C)(Cc2ccc(Cl)cc2)C(C)(C(=O)NC(C)(C)C)C1. The molecule has 3 unspecified atom stereocenters. The van der Waals surface area contributed by atoms with Crippen LogP contribution in [0.15, 0.2) is 36.9 Å². The predicted molar refractivity (Wildman–Crippen MR) is 107 cm³/mol. The second-order valence-electron chi connectivity index (χ2n) is 9.14. The van der Waals surface area contributed by atoms with Crippen LogP contribution in [0.2, 0.25) is 5.02 Å². The molecule has 0 aromatic heterocycles. The molecule has 1 amide bonds. The molecule has 1 fully saturated rings. The average molecular weight is 362 g/mol. The third-order valence-electron chi connectivity index (χ3n) is 5.90. The monoisotopic (exact) mass is 361 g/mol. The Kier molecular flexibility index (Phi) is 5.73. The number of hydrogen-bond acceptors (Lipinski definition) is 1. The molecule has 1 aliphatic rings. The number of rotatable bonds is 4. The molecule has 0 saturated heterocycles. The fourth-order valence-corrected chi connectivity index (χ4v) is 4.16.